The molecular weight excluding hydrogens is 273 g/mol. The van der Waals surface area contributed by atoms with Crippen LogP contribution in [0.1, 0.15) is 38.7 Å². The molecule has 0 radical (unpaired) electrons. The summed E-state index contributed by atoms with van der Waals surface area (Å²) < 4.78 is 13.8. The first-order valence-corrected chi connectivity index (χ1v) is 8.22. The highest BCUT2D eigenvalue weighted by Gasteiger charge is 2.09. The lowest BCUT2D eigenvalue weighted by atomic mass is 9.95. The smallest absolute Gasteiger partial charge is 0.131 e. The van der Waals surface area contributed by atoms with Crippen molar-refractivity contribution in [3.63, 3.8) is 0 Å². The van der Waals surface area contributed by atoms with E-state index < -0.39 is 0 Å². The van der Waals surface area contributed by atoms with Gasteiger partial charge in [0.05, 0.1) is 0 Å². The minimum absolute atomic E-state index is 0.162. The molecule has 0 aliphatic heterocycles. The van der Waals surface area contributed by atoms with Gasteiger partial charge in [-0.05, 0) is 49.2 Å². The molecule has 0 fully saturated rings. The van der Waals surface area contributed by atoms with E-state index in [4.69, 9.17) is 0 Å². The maximum Gasteiger partial charge on any atom is 0.131 e. The van der Waals surface area contributed by atoms with Gasteiger partial charge in [0.1, 0.15) is 5.82 Å². The molecule has 0 aromatic heterocycles. The standard InChI is InChI=1S/C20H26FN/c1-4-22(5-2)15-14-16(3)17-10-12-18(13-11-17)19-8-6-7-9-20(19)21/h6-13,16H,4-5,14-15H2,1-3H3. The summed E-state index contributed by atoms with van der Waals surface area (Å²) in [5, 5.41) is 0. The molecule has 2 aromatic carbocycles. The third-order valence-corrected chi connectivity index (χ3v) is 4.44. The molecule has 0 amide bonds. The Labute approximate surface area is 133 Å². The molecular formula is C20H26FN. The van der Waals surface area contributed by atoms with Gasteiger partial charge in [0.2, 0.25) is 0 Å². The summed E-state index contributed by atoms with van der Waals surface area (Å²) in [6, 6.07) is 15.3. The maximum atomic E-state index is 13.8. The molecule has 2 rings (SSSR count). The molecule has 0 aliphatic rings. The van der Waals surface area contributed by atoms with E-state index >= 15 is 0 Å². The lowest BCUT2D eigenvalue weighted by molar-refractivity contribution is 0.292. The van der Waals surface area contributed by atoms with E-state index in [0.717, 1.165) is 31.6 Å². The van der Waals surface area contributed by atoms with Gasteiger partial charge in [-0.3, -0.25) is 0 Å². The van der Waals surface area contributed by atoms with Gasteiger partial charge in [0.15, 0.2) is 0 Å². The van der Waals surface area contributed by atoms with Crippen LogP contribution in [-0.4, -0.2) is 24.5 Å². The molecule has 0 spiro atoms. The number of hydrogen-bond acceptors (Lipinski definition) is 1. The van der Waals surface area contributed by atoms with Gasteiger partial charge in [-0.15, -0.1) is 0 Å². The SMILES string of the molecule is CCN(CC)CCC(C)c1ccc(-c2ccccc2F)cc1. The van der Waals surface area contributed by atoms with Gasteiger partial charge < -0.3 is 4.90 Å². The van der Waals surface area contributed by atoms with Crippen LogP contribution in [-0.2, 0) is 0 Å². The minimum atomic E-state index is -0.162. The van der Waals surface area contributed by atoms with Gasteiger partial charge >= 0.3 is 0 Å². The number of benzene rings is 2. The molecule has 2 aromatic rings. The van der Waals surface area contributed by atoms with E-state index in [1.807, 2.05) is 24.3 Å². The molecule has 22 heavy (non-hydrogen) atoms. The first kappa shape index (κ1) is 16.7. The highest BCUT2D eigenvalue weighted by Crippen LogP contribution is 2.26. The van der Waals surface area contributed by atoms with E-state index in [1.54, 1.807) is 6.07 Å². The number of nitrogens with zero attached hydrogens (tertiary/aromatic N) is 1. The van der Waals surface area contributed by atoms with Crippen LogP contribution >= 0.6 is 0 Å². The highest BCUT2D eigenvalue weighted by molar-refractivity contribution is 5.64. The Morgan fingerprint density at radius 1 is 0.955 bits per heavy atom. The molecule has 0 aliphatic carbocycles. The van der Waals surface area contributed by atoms with Crippen LogP contribution in [0, 0.1) is 5.82 Å². The van der Waals surface area contributed by atoms with Gasteiger partial charge in [-0.25, -0.2) is 4.39 Å². The number of halogens is 1. The number of rotatable bonds is 7. The summed E-state index contributed by atoms with van der Waals surface area (Å²) in [5.74, 6) is 0.361. The van der Waals surface area contributed by atoms with Gasteiger partial charge in [0.25, 0.3) is 0 Å². The van der Waals surface area contributed by atoms with Crippen molar-refractivity contribution in [2.45, 2.75) is 33.1 Å². The maximum absolute atomic E-state index is 13.8. The van der Waals surface area contributed by atoms with E-state index in [-0.39, 0.29) is 5.82 Å². The van der Waals surface area contributed by atoms with Crippen molar-refractivity contribution in [3.05, 3.63) is 59.9 Å². The summed E-state index contributed by atoms with van der Waals surface area (Å²) >= 11 is 0. The second-order valence-electron chi connectivity index (χ2n) is 5.82. The van der Waals surface area contributed by atoms with Gasteiger partial charge in [0, 0.05) is 5.56 Å². The van der Waals surface area contributed by atoms with Crippen LogP contribution in [0.5, 0.6) is 0 Å². The number of hydrogen-bond donors (Lipinski definition) is 0. The first-order chi connectivity index (χ1) is 10.7. The van der Waals surface area contributed by atoms with Gasteiger partial charge in [-0.1, -0.05) is 63.2 Å². The zero-order valence-electron chi connectivity index (χ0n) is 13.8. The van der Waals surface area contributed by atoms with Gasteiger partial charge in [-0.2, -0.15) is 0 Å². The molecule has 0 N–H and O–H groups in total. The molecule has 0 saturated carbocycles. The van der Waals surface area contributed by atoms with E-state index in [0.29, 0.717) is 11.5 Å². The van der Waals surface area contributed by atoms with Crippen LogP contribution < -0.4 is 0 Å². The fourth-order valence-electron chi connectivity index (χ4n) is 2.77. The molecule has 2 heteroatoms. The normalized spacial score (nSPS) is 12.6. The van der Waals surface area contributed by atoms with Crippen LogP contribution in [0.15, 0.2) is 48.5 Å². The fraction of sp³-hybridized carbons (Fsp3) is 0.400. The van der Waals surface area contributed by atoms with Crippen LogP contribution in [0.4, 0.5) is 4.39 Å². The van der Waals surface area contributed by atoms with Crippen LogP contribution in [0.2, 0.25) is 0 Å². The second kappa shape index (κ2) is 8.09. The monoisotopic (exact) mass is 299 g/mol. The Kier molecular flexibility index (Phi) is 6.14. The average Bonchev–Trinajstić information content (AvgIpc) is 2.56. The summed E-state index contributed by atoms with van der Waals surface area (Å²) in [6.07, 6.45) is 1.15. The zero-order valence-corrected chi connectivity index (χ0v) is 13.8. The largest absolute Gasteiger partial charge is 0.304 e. The van der Waals surface area contributed by atoms with Crippen LogP contribution in [0.25, 0.3) is 11.1 Å². The van der Waals surface area contributed by atoms with Crippen molar-refractivity contribution >= 4 is 0 Å². The Balaban J connectivity index is 2.04. The molecule has 1 atom stereocenters. The van der Waals surface area contributed by atoms with Crippen molar-refractivity contribution in [1.82, 2.24) is 4.90 Å². The fourth-order valence-corrected chi connectivity index (χ4v) is 2.77. The highest BCUT2D eigenvalue weighted by atomic mass is 19.1. The van der Waals surface area contributed by atoms with Crippen molar-refractivity contribution in [2.24, 2.45) is 0 Å². The zero-order chi connectivity index (χ0) is 15.9. The molecule has 1 nitrogen and oxygen atoms in total. The average molecular weight is 299 g/mol. The molecule has 1 unspecified atom stereocenters. The quantitative estimate of drug-likeness (QED) is 0.668. The first-order valence-electron chi connectivity index (χ1n) is 8.22. The molecule has 0 bridgehead atoms. The molecule has 118 valence electrons. The summed E-state index contributed by atoms with van der Waals surface area (Å²) in [6.45, 7) is 10.0. The second-order valence-corrected chi connectivity index (χ2v) is 5.82. The lowest BCUT2D eigenvalue weighted by Gasteiger charge is -2.21. The van der Waals surface area contributed by atoms with Crippen LogP contribution in [0.3, 0.4) is 0 Å². The van der Waals surface area contributed by atoms with E-state index in [1.165, 1.54) is 11.6 Å². The summed E-state index contributed by atoms with van der Waals surface area (Å²) in [4.78, 5) is 2.45. The lowest BCUT2D eigenvalue weighted by Crippen LogP contribution is -2.24. The third-order valence-electron chi connectivity index (χ3n) is 4.44. The Morgan fingerprint density at radius 3 is 2.18 bits per heavy atom. The van der Waals surface area contributed by atoms with E-state index in [2.05, 4.69) is 37.8 Å². The predicted molar refractivity (Wildman–Crippen MR) is 92.7 cm³/mol. The summed E-state index contributed by atoms with van der Waals surface area (Å²) in [7, 11) is 0. The minimum Gasteiger partial charge on any atom is -0.304 e. The van der Waals surface area contributed by atoms with Crippen molar-refractivity contribution < 1.29 is 4.39 Å². The Morgan fingerprint density at radius 2 is 1.59 bits per heavy atom. The third kappa shape index (κ3) is 4.17. The van der Waals surface area contributed by atoms with Crippen molar-refractivity contribution in [3.8, 4) is 11.1 Å². The Hall–Kier alpha value is -1.67. The Bertz CT molecular complexity index is 573. The van der Waals surface area contributed by atoms with Crippen molar-refractivity contribution in [2.75, 3.05) is 19.6 Å². The topological polar surface area (TPSA) is 3.24 Å². The summed E-state index contributed by atoms with van der Waals surface area (Å²) in [5.41, 5.74) is 2.94. The predicted octanol–water partition coefficient (Wildman–Crippen LogP) is 5.33. The molecule has 0 saturated heterocycles. The molecule has 0 heterocycles. The van der Waals surface area contributed by atoms with Crippen molar-refractivity contribution in [1.29, 1.82) is 0 Å². The van der Waals surface area contributed by atoms with E-state index in [9.17, 15) is 4.39 Å².